The van der Waals surface area contributed by atoms with Crippen molar-refractivity contribution in [3.63, 3.8) is 0 Å². The van der Waals surface area contributed by atoms with Crippen LogP contribution in [-0.4, -0.2) is 39.5 Å². The van der Waals surface area contributed by atoms with Gasteiger partial charge in [0.25, 0.3) is 0 Å². The first-order chi connectivity index (χ1) is 21.6. The van der Waals surface area contributed by atoms with Crippen LogP contribution in [0.1, 0.15) is 76.0 Å². The fourth-order valence-corrected chi connectivity index (χ4v) is 6.07. The summed E-state index contributed by atoms with van der Waals surface area (Å²) in [6.45, 7) is 5.08. The highest BCUT2D eigenvalue weighted by molar-refractivity contribution is 6.31. The summed E-state index contributed by atoms with van der Waals surface area (Å²) >= 11 is 6.29. The van der Waals surface area contributed by atoms with Crippen molar-refractivity contribution in [2.45, 2.75) is 77.3 Å². The number of amidine groups is 1. The van der Waals surface area contributed by atoms with E-state index in [4.69, 9.17) is 23.1 Å². The van der Waals surface area contributed by atoms with Crippen molar-refractivity contribution in [1.82, 2.24) is 19.9 Å². The molecule has 5 rings (SSSR count). The van der Waals surface area contributed by atoms with Crippen molar-refractivity contribution in [3.05, 3.63) is 80.9 Å². The number of aromatic nitrogens is 3. The lowest BCUT2D eigenvalue weighted by Gasteiger charge is -2.20. The molecule has 2 aromatic heterocycles. The zero-order chi connectivity index (χ0) is 32.1. The number of aliphatic imine (C=N–C) groups is 1. The van der Waals surface area contributed by atoms with Gasteiger partial charge >= 0.3 is 5.69 Å². The van der Waals surface area contributed by atoms with E-state index >= 15 is 8.78 Å². The van der Waals surface area contributed by atoms with E-state index in [9.17, 15) is 4.79 Å². The van der Waals surface area contributed by atoms with Crippen LogP contribution in [-0.2, 0) is 6.42 Å². The first-order valence-corrected chi connectivity index (χ1v) is 16.2. The van der Waals surface area contributed by atoms with E-state index in [1.165, 1.54) is 23.5 Å². The standard InChI is InChI=1S/C34H42ClF2N7O/c1-3-6-30(41-14-5-13-40-20(2)38)25-12-11-24(18-28(25)36)44-19-23-17-31(42-33(23)43-34(44)45)26-15-21(16-27(35)32(26)37)7-4-8-29(39)22-9-10-22/h11-12,15-19,22,29-30,41H,3-10,13-14,39H2,1-2H3,(H2,38,40)(H,42,43,45). The second-order valence-electron chi connectivity index (χ2n) is 12.1. The van der Waals surface area contributed by atoms with Crippen molar-refractivity contribution in [1.29, 1.82) is 0 Å². The Kier molecular flexibility index (Phi) is 10.7. The van der Waals surface area contributed by atoms with E-state index < -0.39 is 17.3 Å². The molecule has 6 N–H and O–H groups in total. The van der Waals surface area contributed by atoms with Gasteiger partial charge in [-0.15, -0.1) is 0 Å². The van der Waals surface area contributed by atoms with E-state index in [1.807, 2.05) is 0 Å². The molecule has 1 fully saturated rings. The molecule has 2 atom stereocenters. The Labute approximate surface area is 267 Å². The Balaban J connectivity index is 1.36. The minimum absolute atomic E-state index is 0.0331. The number of fused-ring (bicyclic) bond motifs is 1. The van der Waals surface area contributed by atoms with Crippen molar-refractivity contribution >= 4 is 28.5 Å². The Morgan fingerprint density at radius 2 is 2.00 bits per heavy atom. The van der Waals surface area contributed by atoms with E-state index in [2.05, 4.69) is 27.2 Å². The Bertz CT molecular complexity index is 1730. The zero-order valence-electron chi connectivity index (χ0n) is 25.9. The molecule has 2 heterocycles. The molecule has 2 unspecified atom stereocenters. The fraction of sp³-hybridized carbons (Fsp3) is 0.441. The molecule has 1 saturated carbocycles. The number of nitrogens with zero attached hydrogens (tertiary/aromatic N) is 3. The van der Waals surface area contributed by atoms with Crippen LogP contribution in [0.25, 0.3) is 28.0 Å². The summed E-state index contributed by atoms with van der Waals surface area (Å²) in [6.07, 6.45) is 8.94. The van der Waals surface area contributed by atoms with Gasteiger partial charge in [-0.2, -0.15) is 4.98 Å². The van der Waals surface area contributed by atoms with Gasteiger partial charge in [0.1, 0.15) is 11.5 Å². The molecule has 0 bridgehead atoms. The molecule has 4 aromatic rings. The molecule has 2 aromatic carbocycles. The van der Waals surface area contributed by atoms with Crippen molar-refractivity contribution in [2.75, 3.05) is 13.1 Å². The summed E-state index contributed by atoms with van der Waals surface area (Å²) in [4.78, 5) is 24.5. The lowest BCUT2D eigenvalue weighted by Crippen LogP contribution is -2.25. The molecule has 0 saturated heterocycles. The van der Waals surface area contributed by atoms with Gasteiger partial charge in [0.2, 0.25) is 0 Å². The summed E-state index contributed by atoms with van der Waals surface area (Å²) in [5, 5.41) is 4.03. The molecule has 8 nitrogen and oxygen atoms in total. The van der Waals surface area contributed by atoms with Crippen LogP contribution < -0.4 is 22.5 Å². The minimum Gasteiger partial charge on any atom is -0.388 e. The van der Waals surface area contributed by atoms with E-state index in [1.54, 1.807) is 43.5 Å². The first kappa shape index (κ1) is 32.8. The quantitative estimate of drug-likeness (QED) is 0.0666. The Hall–Kier alpha value is -3.60. The van der Waals surface area contributed by atoms with Crippen LogP contribution in [0.5, 0.6) is 0 Å². The molecular formula is C34H42ClF2N7O. The summed E-state index contributed by atoms with van der Waals surface area (Å²) in [6, 6.07) is 9.97. The summed E-state index contributed by atoms with van der Waals surface area (Å²) in [5.41, 5.74) is 14.1. The van der Waals surface area contributed by atoms with Gasteiger partial charge in [0.15, 0.2) is 5.82 Å². The van der Waals surface area contributed by atoms with Crippen LogP contribution in [0.3, 0.4) is 0 Å². The van der Waals surface area contributed by atoms with Crippen LogP contribution in [0.15, 0.2) is 52.4 Å². The number of rotatable bonds is 15. The Morgan fingerprint density at radius 3 is 2.71 bits per heavy atom. The van der Waals surface area contributed by atoms with E-state index in [0.717, 1.165) is 44.1 Å². The number of hydrogen-bond acceptors (Lipinski definition) is 5. The van der Waals surface area contributed by atoms with Crippen molar-refractivity contribution in [2.24, 2.45) is 22.4 Å². The lowest BCUT2D eigenvalue weighted by atomic mass is 10.00. The number of nitrogens with one attached hydrogen (secondary N) is 2. The van der Waals surface area contributed by atoms with Crippen LogP contribution >= 0.6 is 11.6 Å². The third-order valence-electron chi connectivity index (χ3n) is 8.42. The van der Waals surface area contributed by atoms with Gasteiger partial charge in [0.05, 0.1) is 22.2 Å². The minimum atomic E-state index is -0.582. The molecule has 1 aliphatic carbocycles. The SMILES string of the molecule is CCCC(NCCCN=C(C)N)c1ccc(-n2cc3cc(-c4cc(CCCC(N)C5CC5)cc(Cl)c4F)[nH]c3nc2=O)cc1F. The maximum Gasteiger partial charge on any atom is 0.354 e. The van der Waals surface area contributed by atoms with Gasteiger partial charge in [-0.1, -0.05) is 31.0 Å². The van der Waals surface area contributed by atoms with Gasteiger partial charge in [-0.3, -0.25) is 9.56 Å². The second kappa shape index (κ2) is 14.7. The Morgan fingerprint density at radius 1 is 1.20 bits per heavy atom. The predicted octanol–water partition coefficient (Wildman–Crippen LogP) is 6.57. The fourth-order valence-electron chi connectivity index (χ4n) is 5.83. The molecule has 0 spiro atoms. The molecule has 0 amide bonds. The zero-order valence-corrected chi connectivity index (χ0v) is 26.6. The number of halogens is 3. The summed E-state index contributed by atoms with van der Waals surface area (Å²) < 4.78 is 32.0. The molecule has 0 aliphatic heterocycles. The normalized spacial score (nSPS) is 15.1. The number of benzene rings is 2. The predicted molar refractivity (Wildman–Crippen MR) is 178 cm³/mol. The molecular weight excluding hydrogens is 596 g/mol. The highest BCUT2D eigenvalue weighted by Crippen LogP contribution is 2.34. The maximum absolute atomic E-state index is 15.5. The average Bonchev–Trinajstić information content (AvgIpc) is 3.77. The maximum atomic E-state index is 15.5. The van der Waals surface area contributed by atoms with Crippen LogP contribution in [0.4, 0.5) is 8.78 Å². The van der Waals surface area contributed by atoms with Crippen LogP contribution in [0.2, 0.25) is 5.02 Å². The van der Waals surface area contributed by atoms with Gasteiger partial charge in [-0.05, 0) is 100 Å². The number of aromatic amines is 1. The average molecular weight is 638 g/mol. The van der Waals surface area contributed by atoms with E-state index in [0.29, 0.717) is 58.4 Å². The highest BCUT2D eigenvalue weighted by atomic mass is 35.5. The van der Waals surface area contributed by atoms with Crippen molar-refractivity contribution < 1.29 is 8.78 Å². The lowest BCUT2D eigenvalue weighted by molar-refractivity contribution is 0.466. The van der Waals surface area contributed by atoms with Gasteiger partial charge < -0.3 is 21.8 Å². The highest BCUT2D eigenvalue weighted by Gasteiger charge is 2.27. The largest absolute Gasteiger partial charge is 0.388 e. The molecule has 240 valence electrons. The molecule has 45 heavy (non-hydrogen) atoms. The second-order valence-corrected chi connectivity index (χ2v) is 12.5. The van der Waals surface area contributed by atoms with E-state index in [-0.39, 0.29) is 17.1 Å². The third kappa shape index (κ3) is 8.17. The first-order valence-electron chi connectivity index (χ1n) is 15.8. The molecule has 1 aliphatic rings. The number of nitrogens with two attached hydrogens (primary N) is 2. The molecule has 11 heteroatoms. The number of aryl methyl sites for hydroxylation is 1. The molecule has 0 radical (unpaired) electrons. The number of hydrogen-bond donors (Lipinski definition) is 4. The number of H-pyrrole nitrogens is 1. The monoisotopic (exact) mass is 637 g/mol. The third-order valence-corrected chi connectivity index (χ3v) is 8.69. The topological polar surface area (TPSA) is 127 Å². The van der Waals surface area contributed by atoms with Gasteiger partial charge in [-0.25, -0.2) is 13.6 Å². The smallest absolute Gasteiger partial charge is 0.354 e. The summed E-state index contributed by atoms with van der Waals surface area (Å²) in [7, 11) is 0. The van der Waals surface area contributed by atoms with Gasteiger partial charge in [0, 0.05) is 41.3 Å². The van der Waals surface area contributed by atoms with Crippen LogP contribution in [0, 0.1) is 17.6 Å². The van der Waals surface area contributed by atoms with Crippen molar-refractivity contribution in [3.8, 4) is 16.9 Å². The summed E-state index contributed by atoms with van der Waals surface area (Å²) in [5.74, 6) is 0.216.